The molecule has 0 saturated heterocycles. The number of phenols is 1. The second-order valence-electron chi connectivity index (χ2n) is 4.73. The number of nitrogens with zero attached hydrogens (tertiary/aromatic N) is 1. The Bertz CT molecular complexity index is 712. The first-order valence-corrected chi connectivity index (χ1v) is 6.48. The number of benzene rings is 2. The van der Waals surface area contributed by atoms with E-state index in [1.54, 1.807) is 43.3 Å². The predicted molar refractivity (Wildman–Crippen MR) is 78.3 cm³/mol. The van der Waals surface area contributed by atoms with Crippen molar-refractivity contribution in [1.82, 2.24) is 0 Å². The fourth-order valence-electron chi connectivity index (χ4n) is 1.97. The highest BCUT2D eigenvalue weighted by molar-refractivity contribution is 5.97. The molecule has 0 saturated carbocycles. The third kappa shape index (κ3) is 3.21. The summed E-state index contributed by atoms with van der Waals surface area (Å²) in [6, 6.07) is 12.2. The van der Waals surface area contributed by atoms with Crippen molar-refractivity contribution < 1.29 is 14.6 Å². The molecule has 1 N–H and O–H groups in total. The molecule has 0 aliphatic heterocycles. The number of nitriles is 1. The van der Waals surface area contributed by atoms with Gasteiger partial charge in [-0.05, 0) is 55.3 Å². The first-order valence-electron chi connectivity index (χ1n) is 6.48. The molecule has 0 bridgehead atoms. The minimum absolute atomic E-state index is 0.00317. The van der Waals surface area contributed by atoms with Gasteiger partial charge >= 0.3 is 0 Å². The summed E-state index contributed by atoms with van der Waals surface area (Å²) >= 11 is 0. The molecule has 4 nitrogen and oxygen atoms in total. The molecule has 0 amide bonds. The maximum absolute atomic E-state index is 11.4. The molecule has 2 rings (SSSR count). The topological polar surface area (TPSA) is 70.3 Å². The molecule has 0 fully saturated rings. The summed E-state index contributed by atoms with van der Waals surface area (Å²) in [4.78, 5) is 11.4. The van der Waals surface area contributed by atoms with Crippen LogP contribution in [0.15, 0.2) is 36.4 Å². The Morgan fingerprint density at radius 3 is 2.48 bits per heavy atom. The van der Waals surface area contributed by atoms with Crippen molar-refractivity contribution in [2.24, 2.45) is 0 Å². The van der Waals surface area contributed by atoms with Crippen molar-refractivity contribution in [3.63, 3.8) is 0 Å². The van der Waals surface area contributed by atoms with Crippen LogP contribution in [0, 0.1) is 18.3 Å². The maximum atomic E-state index is 11.4. The monoisotopic (exact) mass is 281 g/mol. The lowest BCUT2D eigenvalue weighted by molar-refractivity contribution is 0.101. The highest BCUT2D eigenvalue weighted by atomic mass is 16.5. The van der Waals surface area contributed by atoms with Crippen molar-refractivity contribution in [2.45, 2.75) is 20.5 Å². The fourth-order valence-corrected chi connectivity index (χ4v) is 1.97. The van der Waals surface area contributed by atoms with Gasteiger partial charge in [0.15, 0.2) is 5.78 Å². The molecule has 0 aromatic heterocycles. The van der Waals surface area contributed by atoms with Gasteiger partial charge in [0.2, 0.25) is 0 Å². The van der Waals surface area contributed by atoms with Gasteiger partial charge in [0.1, 0.15) is 18.1 Å². The largest absolute Gasteiger partial charge is 0.507 e. The van der Waals surface area contributed by atoms with Crippen LogP contribution in [0.1, 0.15) is 34.0 Å². The number of phenolic OH excluding ortho intramolecular Hbond substituents is 1. The number of ketones is 1. The highest BCUT2D eigenvalue weighted by Gasteiger charge is 2.12. The molecule has 0 unspecified atom stereocenters. The summed E-state index contributed by atoms with van der Waals surface area (Å²) in [5.74, 6) is 0.474. The van der Waals surface area contributed by atoms with E-state index >= 15 is 0 Å². The summed E-state index contributed by atoms with van der Waals surface area (Å²) < 4.78 is 5.62. The van der Waals surface area contributed by atoms with E-state index in [1.165, 1.54) is 6.92 Å². The molecule has 2 aromatic carbocycles. The van der Waals surface area contributed by atoms with Gasteiger partial charge in [0, 0.05) is 0 Å². The Morgan fingerprint density at radius 1 is 1.24 bits per heavy atom. The number of rotatable bonds is 4. The summed E-state index contributed by atoms with van der Waals surface area (Å²) in [5.41, 5.74) is 2.33. The minimum atomic E-state index is -0.171. The van der Waals surface area contributed by atoms with Crippen molar-refractivity contribution in [1.29, 1.82) is 5.26 Å². The van der Waals surface area contributed by atoms with E-state index in [0.29, 0.717) is 22.4 Å². The van der Waals surface area contributed by atoms with Crippen LogP contribution in [0.5, 0.6) is 11.5 Å². The zero-order valence-electron chi connectivity index (χ0n) is 11.9. The quantitative estimate of drug-likeness (QED) is 0.872. The van der Waals surface area contributed by atoms with Gasteiger partial charge in [-0.25, -0.2) is 0 Å². The SMILES string of the molecule is CC(=O)c1ccc(COc2ccc(C#N)cc2)c(C)c1O. The third-order valence-corrected chi connectivity index (χ3v) is 3.30. The van der Waals surface area contributed by atoms with Crippen LogP contribution in [0.25, 0.3) is 0 Å². The normalized spacial score (nSPS) is 9.95. The molecule has 0 heterocycles. The van der Waals surface area contributed by atoms with Gasteiger partial charge in [-0.3, -0.25) is 4.79 Å². The predicted octanol–water partition coefficient (Wildman–Crippen LogP) is 3.35. The van der Waals surface area contributed by atoms with E-state index in [2.05, 4.69) is 0 Å². The van der Waals surface area contributed by atoms with E-state index in [0.717, 1.165) is 5.56 Å². The Balaban J connectivity index is 2.15. The second kappa shape index (κ2) is 6.10. The summed E-state index contributed by atoms with van der Waals surface area (Å²) in [6.07, 6.45) is 0. The molecule has 0 aliphatic carbocycles. The zero-order chi connectivity index (χ0) is 15.4. The standard InChI is InChI=1S/C17H15NO3/c1-11-14(5-8-16(12(2)19)17(11)20)10-21-15-6-3-13(9-18)4-7-15/h3-8,20H,10H2,1-2H3. The van der Waals surface area contributed by atoms with Crippen LogP contribution in [0.4, 0.5) is 0 Å². The molecule has 2 aromatic rings. The van der Waals surface area contributed by atoms with Crippen LogP contribution in [0.2, 0.25) is 0 Å². The summed E-state index contributed by atoms with van der Waals surface area (Å²) in [5, 5.41) is 18.7. The van der Waals surface area contributed by atoms with E-state index in [-0.39, 0.29) is 18.1 Å². The van der Waals surface area contributed by atoms with Crippen LogP contribution >= 0.6 is 0 Å². The average molecular weight is 281 g/mol. The van der Waals surface area contributed by atoms with Gasteiger partial charge in [-0.1, -0.05) is 6.07 Å². The van der Waals surface area contributed by atoms with Crippen LogP contribution in [-0.2, 0) is 6.61 Å². The minimum Gasteiger partial charge on any atom is -0.507 e. The number of carbonyl (C=O) groups is 1. The number of Topliss-reactive ketones (excluding diaryl/α,β-unsaturated/α-hetero) is 1. The molecule has 0 spiro atoms. The first kappa shape index (κ1) is 14.6. The molecule has 0 atom stereocenters. The number of aromatic hydroxyl groups is 1. The van der Waals surface area contributed by atoms with E-state index in [1.807, 2.05) is 6.07 Å². The lowest BCUT2D eigenvalue weighted by Gasteiger charge is -2.12. The Labute approximate surface area is 123 Å². The van der Waals surface area contributed by atoms with Gasteiger partial charge in [-0.2, -0.15) is 5.26 Å². The molecular weight excluding hydrogens is 266 g/mol. The molecule has 106 valence electrons. The lowest BCUT2D eigenvalue weighted by atomic mass is 10.0. The first-order chi connectivity index (χ1) is 10.0. The van der Waals surface area contributed by atoms with Crippen molar-refractivity contribution in [2.75, 3.05) is 0 Å². The number of hydrogen-bond donors (Lipinski definition) is 1. The molecule has 0 radical (unpaired) electrons. The highest BCUT2D eigenvalue weighted by Crippen LogP contribution is 2.26. The van der Waals surface area contributed by atoms with Gasteiger partial charge in [0.05, 0.1) is 17.2 Å². The van der Waals surface area contributed by atoms with Gasteiger partial charge in [-0.15, -0.1) is 0 Å². The number of hydrogen-bond acceptors (Lipinski definition) is 4. The second-order valence-corrected chi connectivity index (χ2v) is 4.73. The molecular formula is C17H15NO3. The average Bonchev–Trinajstić information content (AvgIpc) is 2.49. The third-order valence-electron chi connectivity index (χ3n) is 3.30. The van der Waals surface area contributed by atoms with Crippen molar-refractivity contribution >= 4 is 5.78 Å². The van der Waals surface area contributed by atoms with E-state index in [4.69, 9.17) is 10.00 Å². The van der Waals surface area contributed by atoms with Gasteiger partial charge < -0.3 is 9.84 Å². The lowest BCUT2D eigenvalue weighted by Crippen LogP contribution is -2.01. The van der Waals surface area contributed by atoms with E-state index < -0.39 is 0 Å². The van der Waals surface area contributed by atoms with Crippen molar-refractivity contribution in [3.8, 4) is 17.6 Å². The fraction of sp³-hybridized carbons (Fsp3) is 0.176. The summed E-state index contributed by atoms with van der Waals surface area (Å²) in [6.45, 7) is 3.45. The smallest absolute Gasteiger partial charge is 0.163 e. The molecule has 4 heteroatoms. The zero-order valence-corrected chi connectivity index (χ0v) is 11.9. The Morgan fingerprint density at radius 2 is 1.90 bits per heavy atom. The molecule has 21 heavy (non-hydrogen) atoms. The van der Waals surface area contributed by atoms with E-state index in [9.17, 15) is 9.90 Å². The van der Waals surface area contributed by atoms with Crippen molar-refractivity contribution in [3.05, 3.63) is 58.7 Å². The Kier molecular flexibility index (Phi) is 4.24. The van der Waals surface area contributed by atoms with Gasteiger partial charge in [0.25, 0.3) is 0 Å². The Hall–Kier alpha value is -2.80. The number of ether oxygens (including phenoxy) is 1. The summed E-state index contributed by atoms with van der Waals surface area (Å²) in [7, 11) is 0. The van der Waals surface area contributed by atoms with Crippen LogP contribution in [0.3, 0.4) is 0 Å². The van der Waals surface area contributed by atoms with Crippen LogP contribution < -0.4 is 4.74 Å². The molecule has 0 aliphatic rings. The number of carbonyl (C=O) groups excluding carboxylic acids is 1. The maximum Gasteiger partial charge on any atom is 0.163 e. The van der Waals surface area contributed by atoms with Crippen LogP contribution in [-0.4, -0.2) is 10.9 Å².